The van der Waals surface area contributed by atoms with Gasteiger partial charge in [0, 0.05) is 12.2 Å². The van der Waals surface area contributed by atoms with E-state index in [0.717, 1.165) is 10.3 Å². The molecule has 0 saturated carbocycles. The van der Waals surface area contributed by atoms with Gasteiger partial charge < -0.3 is 9.67 Å². The summed E-state index contributed by atoms with van der Waals surface area (Å²) in [5.74, 6) is 0. The monoisotopic (exact) mass is 328 g/mol. The average Bonchev–Trinajstić information content (AvgIpc) is 2.71. The second-order valence-electron chi connectivity index (χ2n) is 4.35. The molecule has 0 aliphatic carbocycles. The van der Waals surface area contributed by atoms with E-state index >= 15 is 0 Å². The van der Waals surface area contributed by atoms with Gasteiger partial charge in [-0.25, -0.2) is 0 Å². The molecule has 5 heteroatoms. The van der Waals surface area contributed by atoms with E-state index in [1.807, 2.05) is 16.7 Å². The lowest BCUT2D eigenvalue weighted by Gasteiger charge is -2.18. The average molecular weight is 330 g/mol. The summed E-state index contributed by atoms with van der Waals surface area (Å²) < 4.78 is 2.97. The SMILES string of the molecule is CC(C)n1c(Br)ccc1C(O)c1ccc(Cl)cn1. The van der Waals surface area contributed by atoms with Gasteiger partial charge in [0.15, 0.2) is 0 Å². The van der Waals surface area contributed by atoms with E-state index in [4.69, 9.17) is 11.6 Å². The summed E-state index contributed by atoms with van der Waals surface area (Å²) in [4.78, 5) is 4.15. The molecule has 0 aliphatic rings. The maximum atomic E-state index is 10.4. The first-order valence-corrected chi connectivity index (χ1v) is 6.84. The van der Waals surface area contributed by atoms with Gasteiger partial charge in [-0.05, 0) is 54.0 Å². The Hall–Kier alpha value is -0.840. The molecular weight excluding hydrogens is 316 g/mol. The molecule has 3 nitrogen and oxygen atoms in total. The number of aliphatic hydroxyl groups is 1. The van der Waals surface area contributed by atoms with Crippen molar-refractivity contribution in [3.05, 3.63) is 51.5 Å². The number of rotatable bonds is 3. The summed E-state index contributed by atoms with van der Waals surface area (Å²) in [6, 6.07) is 7.54. The van der Waals surface area contributed by atoms with Crippen molar-refractivity contribution in [2.24, 2.45) is 0 Å². The van der Waals surface area contributed by atoms with Gasteiger partial charge in [0.2, 0.25) is 0 Å². The Balaban J connectivity index is 2.40. The Morgan fingerprint density at radius 1 is 1.28 bits per heavy atom. The van der Waals surface area contributed by atoms with Gasteiger partial charge in [-0.15, -0.1) is 0 Å². The maximum absolute atomic E-state index is 10.4. The minimum absolute atomic E-state index is 0.256. The van der Waals surface area contributed by atoms with Crippen molar-refractivity contribution in [1.82, 2.24) is 9.55 Å². The minimum atomic E-state index is -0.754. The number of aromatic nitrogens is 2. The van der Waals surface area contributed by atoms with E-state index in [2.05, 4.69) is 34.8 Å². The third-order valence-electron chi connectivity index (χ3n) is 2.73. The number of pyridine rings is 1. The molecule has 0 aromatic carbocycles. The van der Waals surface area contributed by atoms with Crippen molar-refractivity contribution < 1.29 is 5.11 Å². The molecule has 18 heavy (non-hydrogen) atoms. The molecule has 0 radical (unpaired) electrons. The fraction of sp³-hybridized carbons (Fsp3) is 0.308. The number of nitrogens with zero attached hydrogens (tertiary/aromatic N) is 2. The molecule has 0 fully saturated rings. The molecule has 2 aromatic rings. The lowest BCUT2D eigenvalue weighted by molar-refractivity contribution is 0.202. The smallest absolute Gasteiger partial charge is 0.136 e. The fourth-order valence-electron chi connectivity index (χ4n) is 1.91. The maximum Gasteiger partial charge on any atom is 0.136 e. The van der Waals surface area contributed by atoms with Crippen molar-refractivity contribution in [3.63, 3.8) is 0 Å². The highest BCUT2D eigenvalue weighted by molar-refractivity contribution is 9.10. The fourth-order valence-corrected chi connectivity index (χ4v) is 2.76. The van der Waals surface area contributed by atoms with E-state index in [9.17, 15) is 5.11 Å². The summed E-state index contributed by atoms with van der Waals surface area (Å²) >= 11 is 9.27. The van der Waals surface area contributed by atoms with Crippen LogP contribution >= 0.6 is 27.5 Å². The Bertz CT molecular complexity index is 536. The first-order valence-electron chi connectivity index (χ1n) is 5.67. The predicted molar refractivity (Wildman–Crippen MR) is 75.8 cm³/mol. The topological polar surface area (TPSA) is 38.0 Å². The Kier molecular flexibility index (Phi) is 4.10. The molecule has 0 aliphatic heterocycles. The van der Waals surface area contributed by atoms with Crippen LogP contribution in [0.4, 0.5) is 0 Å². The molecule has 1 unspecified atom stereocenters. The molecule has 96 valence electrons. The normalized spacial score (nSPS) is 13.0. The summed E-state index contributed by atoms with van der Waals surface area (Å²) in [5, 5.41) is 10.9. The minimum Gasteiger partial charge on any atom is -0.380 e. The molecule has 2 aromatic heterocycles. The van der Waals surface area contributed by atoms with E-state index in [1.165, 1.54) is 6.20 Å². The van der Waals surface area contributed by atoms with Gasteiger partial charge >= 0.3 is 0 Å². The molecule has 0 saturated heterocycles. The van der Waals surface area contributed by atoms with Crippen molar-refractivity contribution in [3.8, 4) is 0 Å². The van der Waals surface area contributed by atoms with Crippen LogP contribution in [-0.4, -0.2) is 14.7 Å². The summed E-state index contributed by atoms with van der Waals surface area (Å²) in [6.07, 6.45) is 0.786. The standard InChI is InChI=1S/C13H14BrClN2O/c1-8(2)17-11(5-6-12(17)14)13(18)10-4-3-9(15)7-16-10/h3-8,13,18H,1-2H3. The van der Waals surface area contributed by atoms with Gasteiger partial charge in [-0.1, -0.05) is 11.6 Å². The van der Waals surface area contributed by atoms with E-state index < -0.39 is 6.10 Å². The molecule has 0 spiro atoms. The molecule has 0 amide bonds. The van der Waals surface area contributed by atoms with Gasteiger partial charge in [-0.3, -0.25) is 4.98 Å². The van der Waals surface area contributed by atoms with Crippen LogP contribution in [0, 0.1) is 0 Å². The van der Waals surface area contributed by atoms with Gasteiger partial charge in [0.25, 0.3) is 0 Å². The van der Waals surface area contributed by atoms with Gasteiger partial charge in [-0.2, -0.15) is 0 Å². The van der Waals surface area contributed by atoms with Crippen LogP contribution in [0.5, 0.6) is 0 Å². The Morgan fingerprint density at radius 2 is 2.00 bits per heavy atom. The quantitative estimate of drug-likeness (QED) is 0.925. The number of aliphatic hydroxyl groups excluding tert-OH is 1. The highest BCUT2D eigenvalue weighted by atomic mass is 79.9. The third-order valence-corrected chi connectivity index (χ3v) is 3.60. The zero-order valence-corrected chi connectivity index (χ0v) is 12.5. The molecule has 1 atom stereocenters. The van der Waals surface area contributed by atoms with Crippen LogP contribution in [0.25, 0.3) is 0 Å². The van der Waals surface area contributed by atoms with E-state index in [0.29, 0.717) is 10.7 Å². The predicted octanol–water partition coefficient (Wildman–Crippen LogP) is 3.96. The highest BCUT2D eigenvalue weighted by Gasteiger charge is 2.19. The molecule has 2 heterocycles. The lowest BCUT2D eigenvalue weighted by atomic mass is 10.1. The summed E-state index contributed by atoms with van der Waals surface area (Å²) in [5.41, 5.74) is 1.40. The zero-order valence-electron chi connectivity index (χ0n) is 10.1. The van der Waals surface area contributed by atoms with E-state index in [-0.39, 0.29) is 6.04 Å². The zero-order chi connectivity index (χ0) is 13.3. The lowest BCUT2D eigenvalue weighted by Crippen LogP contribution is -2.11. The van der Waals surface area contributed by atoms with Crippen molar-refractivity contribution in [2.75, 3.05) is 0 Å². The van der Waals surface area contributed by atoms with Gasteiger partial charge in [0.05, 0.1) is 21.0 Å². The van der Waals surface area contributed by atoms with Crippen molar-refractivity contribution >= 4 is 27.5 Å². The molecular formula is C13H14BrClN2O. The number of halogens is 2. The third kappa shape index (κ3) is 2.60. The van der Waals surface area contributed by atoms with Crippen LogP contribution in [0.1, 0.15) is 37.4 Å². The van der Waals surface area contributed by atoms with Crippen LogP contribution in [0.15, 0.2) is 35.1 Å². The molecule has 2 rings (SSSR count). The second-order valence-corrected chi connectivity index (χ2v) is 5.60. The van der Waals surface area contributed by atoms with Crippen LogP contribution < -0.4 is 0 Å². The highest BCUT2D eigenvalue weighted by Crippen LogP contribution is 2.28. The molecule has 1 N–H and O–H groups in total. The van der Waals surface area contributed by atoms with Crippen LogP contribution in [0.2, 0.25) is 5.02 Å². The second kappa shape index (κ2) is 5.43. The Labute approximate surface area is 120 Å². The van der Waals surface area contributed by atoms with Gasteiger partial charge in [0.1, 0.15) is 6.10 Å². The van der Waals surface area contributed by atoms with Crippen LogP contribution in [-0.2, 0) is 0 Å². The number of hydrogen-bond acceptors (Lipinski definition) is 2. The van der Waals surface area contributed by atoms with Crippen LogP contribution in [0.3, 0.4) is 0 Å². The van der Waals surface area contributed by atoms with Crippen molar-refractivity contribution in [1.29, 1.82) is 0 Å². The van der Waals surface area contributed by atoms with Crippen molar-refractivity contribution in [2.45, 2.75) is 26.0 Å². The first kappa shape index (κ1) is 13.6. The first-order chi connectivity index (χ1) is 8.50. The Morgan fingerprint density at radius 3 is 2.56 bits per heavy atom. The molecule has 0 bridgehead atoms. The summed E-state index contributed by atoms with van der Waals surface area (Å²) in [7, 11) is 0. The van der Waals surface area contributed by atoms with E-state index in [1.54, 1.807) is 12.1 Å². The largest absolute Gasteiger partial charge is 0.380 e. The number of hydrogen-bond donors (Lipinski definition) is 1. The summed E-state index contributed by atoms with van der Waals surface area (Å²) in [6.45, 7) is 4.13.